The first kappa shape index (κ1) is 22.3. The summed E-state index contributed by atoms with van der Waals surface area (Å²) in [5.74, 6) is 0.615. The van der Waals surface area contributed by atoms with Gasteiger partial charge in [0.2, 0.25) is 0 Å². The van der Waals surface area contributed by atoms with Crippen molar-refractivity contribution in [3.05, 3.63) is 95.0 Å². The summed E-state index contributed by atoms with van der Waals surface area (Å²) in [5, 5.41) is 0.435. The van der Waals surface area contributed by atoms with Gasteiger partial charge in [-0.3, -0.25) is 0 Å². The average molecular weight is 441 g/mol. The van der Waals surface area contributed by atoms with E-state index in [1.807, 2.05) is 30.3 Å². The molecule has 0 aliphatic heterocycles. The second-order valence-corrected chi connectivity index (χ2v) is 6.91. The molecule has 0 aliphatic rings. The number of carbonyl (C=O) groups excluding carboxylic acids is 1. The number of rotatable bonds is 5. The summed E-state index contributed by atoms with van der Waals surface area (Å²) in [6.07, 6.45) is 0. The number of para-hydroxylation sites is 3. The summed E-state index contributed by atoms with van der Waals surface area (Å²) in [6, 6.07) is 20.8. The van der Waals surface area contributed by atoms with Crippen LogP contribution in [0.5, 0.6) is 5.75 Å². The number of hydrogen-bond donors (Lipinski definition) is 0. The van der Waals surface area contributed by atoms with E-state index in [0.717, 1.165) is 23.4 Å². The van der Waals surface area contributed by atoms with E-state index < -0.39 is 5.97 Å². The van der Waals surface area contributed by atoms with Gasteiger partial charge in [-0.05, 0) is 49.4 Å². The average Bonchev–Trinajstić information content (AvgIpc) is 3.15. The number of hydrogen-bond acceptors (Lipinski definition) is 4. The second-order valence-electron chi connectivity index (χ2n) is 6.48. The minimum atomic E-state index is -0.412. The van der Waals surface area contributed by atoms with Gasteiger partial charge in [-0.25, -0.2) is 14.2 Å². The number of methoxy groups -OCH3 is 1. The number of halogens is 2. The zero-order chi connectivity index (χ0) is 22.2. The molecule has 5 nitrogen and oxygen atoms in total. The van der Waals surface area contributed by atoms with Crippen molar-refractivity contribution in [1.29, 1.82) is 0 Å². The van der Waals surface area contributed by atoms with Crippen LogP contribution in [0.4, 0.5) is 4.39 Å². The zero-order valence-electron chi connectivity index (χ0n) is 17.2. The summed E-state index contributed by atoms with van der Waals surface area (Å²) in [7, 11) is 1.36. The molecule has 0 saturated carbocycles. The number of aryl methyl sites for hydroxylation is 1. The predicted molar refractivity (Wildman–Crippen MR) is 119 cm³/mol. The maximum absolute atomic E-state index is 12.1. The molecule has 0 amide bonds. The number of esters is 1. The van der Waals surface area contributed by atoms with E-state index in [2.05, 4.69) is 16.5 Å². The van der Waals surface area contributed by atoms with Crippen molar-refractivity contribution in [2.75, 3.05) is 7.11 Å². The van der Waals surface area contributed by atoms with Gasteiger partial charge in [-0.1, -0.05) is 41.9 Å². The van der Waals surface area contributed by atoms with Crippen LogP contribution in [0.15, 0.2) is 72.8 Å². The van der Waals surface area contributed by atoms with E-state index in [4.69, 9.17) is 21.1 Å². The Hall–Kier alpha value is -3.38. The first-order valence-electron chi connectivity index (χ1n) is 9.68. The fraction of sp³-hybridized carbons (Fsp3) is 0.167. The first-order valence-corrected chi connectivity index (χ1v) is 10.1. The van der Waals surface area contributed by atoms with Crippen LogP contribution in [0.2, 0.25) is 5.02 Å². The lowest BCUT2D eigenvalue weighted by Crippen LogP contribution is -2.09. The summed E-state index contributed by atoms with van der Waals surface area (Å²) >= 11 is 5.40. The highest BCUT2D eigenvalue weighted by Crippen LogP contribution is 2.22. The third kappa shape index (κ3) is 5.61. The molecule has 0 N–H and O–H groups in total. The molecule has 0 unspecified atom stereocenters. The Balaban J connectivity index is 0.000000287. The molecule has 1 heterocycles. The lowest BCUT2D eigenvalue weighted by Gasteiger charge is -2.11. The molecular formula is C24H22ClFN2O3. The minimum absolute atomic E-state index is 0.288. The van der Waals surface area contributed by atoms with Gasteiger partial charge in [0.15, 0.2) is 0 Å². The van der Waals surface area contributed by atoms with Crippen molar-refractivity contribution < 1.29 is 18.7 Å². The van der Waals surface area contributed by atoms with E-state index in [1.165, 1.54) is 19.2 Å². The molecule has 0 radical (unpaired) electrons. The molecule has 1 aromatic heterocycles. The molecule has 0 atom stereocenters. The largest absolute Gasteiger partial charge is 0.485 e. The van der Waals surface area contributed by atoms with Gasteiger partial charge in [0.1, 0.15) is 29.6 Å². The number of fused-ring (bicyclic) bond motifs is 1. The molecule has 0 fully saturated rings. The maximum atomic E-state index is 12.1. The van der Waals surface area contributed by atoms with E-state index in [1.54, 1.807) is 30.3 Å². The monoisotopic (exact) mass is 440 g/mol. The summed E-state index contributed by atoms with van der Waals surface area (Å²) in [6.45, 7) is 3.16. The SMILES string of the molecule is CCn1c(COc2ccccc2C(=O)OC)nc2ccccc21.Fc1cccc(Cl)c1. The van der Waals surface area contributed by atoms with Crippen molar-refractivity contribution in [3.63, 3.8) is 0 Å². The molecule has 4 rings (SSSR count). The van der Waals surface area contributed by atoms with E-state index >= 15 is 0 Å². The van der Waals surface area contributed by atoms with E-state index in [0.29, 0.717) is 16.3 Å². The van der Waals surface area contributed by atoms with Crippen LogP contribution < -0.4 is 4.74 Å². The molecule has 31 heavy (non-hydrogen) atoms. The van der Waals surface area contributed by atoms with Gasteiger partial charge < -0.3 is 14.0 Å². The van der Waals surface area contributed by atoms with Crippen LogP contribution in [0.1, 0.15) is 23.1 Å². The lowest BCUT2D eigenvalue weighted by atomic mass is 10.2. The maximum Gasteiger partial charge on any atom is 0.341 e. The van der Waals surface area contributed by atoms with Gasteiger partial charge in [0.25, 0.3) is 0 Å². The fourth-order valence-electron chi connectivity index (χ4n) is 3.06. The molecule has 3 aromatic carbocycles. The van der Waals surface area contributed by atoms with Crippen LogP contribution in [0, 0.1) is 5.82 Å². The third-order valence-electron chi connectivity index (χ3n) is 4.49. The Morgan fingerprint density at radius 1 is 1.06 bits per heavy atom. The van der Waals surface area contributed by atoms with Crippen LogP contribution in [-0.2, 0) is 17.9 Å². The highest BCUT2D eigenvalue weighted by atomic mass is 35.5. The molecule has 4 aromatic rings. The van der Waals surface area contributed by atoms with Crippen LogP contribution in [0.3, 0.4) is 0 Å². The van der Waals surface area contributed by atoms with Crippen molar-refractivity contribution >= 4 is 28.6 Å². The molecule has 7 heteroatoms. The van der Waals surface area contributed by atoms with Gasteiger partial charge in [0, 0.05) is 11.6 Å². The van der Waals surface area contributed by atoms with Crippen LogP contribution in [-0.4, -0.2) is 22.6 Å². The highest BCUT2D eigenvalue weighted by molar-refractivity contribution is 6.30. The van der Waals surface area contributed by atoms with Crippen molar-refractivity contribution in [1.82, 2.24) is 9.55 Å². The topological polar surface area (TPSA) is 53.4 Å². The van der Waals surface area contributed by atoms with Crippen molar-refractivity contribution in [2.45, 2.75) is 20.1 Å². The Kier molecular flexibility index (Phi) is 7.62. The Morgan fingerprint density at radius 2 is 1.81 bits per heavy atom. The Bertz CT molecular complexity index is 1160. The highest BCUT2D eigenvalue weighted by Gasteiger charge is 2.14. The lowest BCUT2D eigenvalue weighted by molar-refractivity contribution is 0.0595. The number of benzene rings is 3. The van der Waals surface area contributed by atoms with Crippen molar-refractivity contribution in [3.8, 4) is 5.75 Å². The summed E-state index contributed by atoms with van der Waals surface area (Å²) < 4.78 is 24.8. The molecule has 0 saturated heterocycles. The van der Waals surface area contributed by atoms with Crippen LogP contribution >= 0.6 is 11.6 Å². The van der Waals surface area contributed by atoms with E-state index in [9.17, 15) is 9.18 Å². The third-order valence-corrected chi connectivity index (χ3v) is 4.72. The molecule has 0 spiro atoms. The van der Waals surface area contributed by atoms with E-state index in [-0.39, 0.29) is 12.4 Å². The zero-order valence-corrected chi connectivity index (χ0v) is 18.0. The second kappa shape index (κ2) is 10.6. The summed E-state index contributed by atoms with van der Waals surface area (Å²) in [5.41, 5.74) is 2.43. The normalized spacial score (nSPS) is 10.3. The van der Waals surface area contributed by atoms with Gasteiger partial charge >= 0.3 is 5.97 Å². The first-order chi connectivity index (χ1) is 15.0. The fourth-order valence-corrected chi connectivity index (χ4v) is 3.24. The standard InChI is InChI=1S/C18H18N2O3.C6H4ClF/c1-3-20-15-10-6-5-9-14(15)19-17(20)12-23-16-11-7-4-8-13(16)18(21)22-2;7-5-2-1-3-6(8)4-5/h4-11H,3,12H2,1-2H3;1-4H. The molecule has 0 aliphatic carbocycles. The Morgan fingerprint density at radius 3 is 2.48 bits per heavy atom. The van der Waals surface area contributed by atoms with Gasteiger partial charge in [-0.2, -0.15) is 0 Å². The predicted octanol–water partition coefficient (Wildman–Crippen LogP) is 5.90. The number of ether oxygens (including phenoxy) is 2. The molecule has 160 valence electrons. The van der Waals surface area contributed by atoms with Crippen LogP contribution in [0.25, 0.3) is 11.0 Å². The number of imidazole rings is 1. The smallest absolute Gasteiger partial charge is 0.341 e. The van der Waals surface area contributed by atoms with Crippen molar-refractivity contribution in [2.24, 2.45) is 0 Å². The van der Waals surface area contributed by atoms with Gasteiger partial charge in [0.05, 0.1) is 18.1 Å². The quantitative estimate of drug-likeness (QED) is 0.362. The summed E-state index contributed by atoms with van der Waals surface area (Å²) in [4.78, 5) is 16.4. The number of carbonyl (C=O) groups is 1. The van der Waals surface area contributed by atoms with Gasteiger partial charge in [-0.15, -0.1) is 0 Å². The number of aromatic nitrogens is 2. The molecular weight excluding hydrogens is 419 g/mol. The Labute approximate surface area is 185 Å². The number of nitrogens with zero attached hydrogens (tertiary/aromatic N) is 2. The minimum Gasteiger partial charge on any atom is -0.485 e. The molecule has 0 bridgehead atoms.